The van der Waals surface area contributed by atoms with Crippen LogP contribution in [0, 0.1) is 17.5 Å². The molecule has 1 fully saturated rings. The van der Waals surface area contributed by atoms with Gasteiger partial charge >= 0.3 is 0 Å². The highest BCUT2D eigenvalue weighted by Gasteiger charge is 2.35. The smallest absolute Gasteiger partial charge is 0.247 e. The Hall–Kier alpha value is -5.04. The number of halogens is 3. The average Bonchev–Trinajstić information content (AvgIpc) is 3.12. The number of piperazine rings is 1. The molecule has 258 valence electrons. The van der Waals surface area contributed by atoms with Gasteiger partial charge in [-0.05, 0) is 72.5 Å². The van der Waals surface area contributed by atoms with Gasteiger partial charge in [0.05, 0.1) is 23.0 Å². The third kappa shape index (κ3) is 8.05. The van der Waals surface area contributed by atoms with Crippen LogP contribution in [0.25, 0.3) is 0 Å². The molecule has 0 aliphatic carbocycles. The van der Waals surface area contributed by atoms with Gasteiger partial charge in [-0.15, -0.1) is 0 Å². The summed E-state index contributed by atoms with van der Waals surface area (Å²) >= 11 is 0. The van der Waals surface area contributed by atoms with E-state index in [2.05, 4.69) is 20.9 Å². The molecule has 2 heterocycles. The largest absolute Gasteiger partial charge is 0.373 e. The molecule has 1 aliphatic rings. The van der Waals surface area contributed by atoms with Gasteiger partial charge in [-0.25, -0.2) is 21.6 Å². The van der Waals surface area contributed by atoms with Gasteiger partial charge in [-0.1, -0.05) is 60.7 Å². The summed E-state index contributed by atoms with van der Waals surface area (Å²) in [6, 6.07) is 27.0. The van der Waals surface area contributed by atoms with Gasteiger partial charge in [-0.3, -0.25) is 9.78 Å². The van der Waals surface area contributed by atoms with Crippen LogP contribution in [0.15, 0.2) is 126 Å². The number of sulfonamides is 1. The first kappa shape index (κ1) is 34.8. The number of aromatic nitrogens is 1. The number of nitrogens with zero attached hydrogens (tertiary/aromatic N) is 2. The first-order valence-corrected chi connectivity index (χ1v) is 17.7. The average molecular weight is 700 g/mol. The molecule has 12 heteroatoms. The molecule has 0 radical (unpaired) electrons. The van der Waals surface area contributed by atoms with Crippen LogP contribution in [0.2, 0.25) is 0 Å². The Morgan fingerprint density at radius 3 is 2.14 bits per heavy atom. The highest BCUT2D eigenvalue weighted by molar-refractivity contribution is 7.89. The maximum atomic E-state index is 15.5. The van der Waals surface area contributed by atoms with Crippen molar-refractivity contribution in [2.75, 3.05) is 30.3 Å². The molecular formula is C38H36F3N5O3S. The predicted octanol–water partition coefficient (Wildman–Crippen LogP) is 6.35. The van der Waals surface area contributed by atoms with Crippen LogP contribution in [0.4, 0.5) is 24.5 Å². The fourth-order valence-electron chi connectivity index (χ4n) is 6.37. The minimum Gasteiger partial charge on any atom is -0.373 e. The lowest BCUT2D eigenvalue weighted by atomic mass is 9.84. The second-order valence-electron chi connectivity index (χ2n) is 12.0. The summed E-state index contributed by atoms with van der Waals surface area (Å²) < 4.78 is 73.3. The molecule has 50 heavy (non-hydrogen) atoms. The van der Waals surface area contributed by atoms with E-state index >= 15 is 4.39 Å². The van der Waals surface area contributed by atoms with Crippen molar-refractivity contribution in [2.24, 2.45) is 0 Å². The fraction of sp³-hybridized carbons (Fsp3) is 0.211. The number of hydrogen-bond acceptors (Lipinski definition) is 6. The van der Waals surface area contributed by atoms with Gasteiger partial charge in [-0.2, -0.15) is 4.31 Å². The molecule has 6 rings (SSSR count). The third-order valence-electron chi connectivity index (χ3n) is 8.76. The van der Waals surface area contributed by atoms with Crippen LogP contribution in [-0.2, 0) is 21.2 Å². The summed E-state index contributed by atoms with van der Waals surface area (Å²) in [5, 5.41) is 9.31. The van der Waals surface area contributed by atoms with Crippen LogP contribution in [0.1, 0.15) is 29.0 Å². The Bertz CT molecular complexity index is 1990. The minimum atomic E-state index is -3.81. The van der Waals surface area contributed by atoms with E-state index in [0.717, 1.165) is 6.20 Å². The molecule has 0 saturated carbocycles. The fourth-order valence-corrected chi connectivity index (χ4v) is 8.05. The summed E-state index contributed by atoms with van der Waals surface area (Å²) in [7, 11) is -3.81. The lowest BCUT2D eigenvalue weighted by Crippen LogP contribution is -2.53. The van der Waals surface area contributed by atoms with E-state index in [0.29, 0.717) is 29.9 Å². The first-order chi connectivity index (χ1) is 24.2. The molecule has 2 unspecified atom stereocenters. The van der Waals surface area contributed by atoms with Crippen molar-refractivity contribution < 1.29 is 26.4 Å². The number of anilines is 2. The molecule has 0 bridgehead atoms. The Balaban J connectivity index is 1.31. The SMILES string of the molecule is O=C(Nc1cncc(F)c1CCC1CNCCN1S(=O)(=O)c1ccccc1)C(Nc1ccccc1)C(c1cccc(F)c1)c1cccc(F)c1. The van der Waals surface area contributed by atoms with E-state index < -0.39 is 51.4 Å². The monoisotopic (exact) mass is 699 g/mol. The van der Waals surface area contributed by atoms with Crippen LogP contribution in [0.3, 0.4) is 0 Å². The van der Waals surface area contributed by atoms with Crippen molar-refractivity contribution in [1.82, 2.24) is 14.6 Å². The topological polar surface area (TPSA) is 103 Å². The number of amides is 1. The standard InChI is InChI=1S/C38H36F3N5O3S/c39-28-11-7-9-26(21-28)36(27-10-8-12-29(40)22-27)37(44-30-13-3-1-4-14-30)38(47)45-35-25-43-24-34(41)33(35)18-17-31-23-42-19-20-46(31)50(48,49)32-15-5-2-6-16-32/h1-16,21-22,24-25,31,36-37,42,44H,17-20,23H2,(H,45,47). The normalized spacial score (nSPS) is 15.8. The number of pyridine rings is 1. The van der Waals surface area contributed by atoms with E-state index in [4.69, 9.17) is 0 Å². The Morgan fingerprint density at radius 1 is 0.860 bits per heavy atom. The molecule has 4 aromatic carbocycles. The van der Waals surface area contributed by atoms with Crippen molar-refractivity contribution in [3.63, 3.8) is 0 Å². The zero-order valence-corrected chi connectivity index (χ0v) is 27.8. The molecule has 0 spiro atoms. The van der Waals surface area contributed by atoms with Crippen molar-refractivity contribution in [1.29, 1.82) is 0 Å². The van der Waals surface area contributed by atoms with Gasteiger partial charge in [0, 0.05) is 42.8 Å². The van der Waals surface area contributed by atoms with E-state index in [1.807, 2.05) is 6.07 Å². The Morgan fingerprint density at radius 2 is 1.50 bits per heavy atom. The molecule has 8 nitrogen and oxygen atoms in total. The Labute approximate surface area is 289 Å². The highest BCUT2D eigenvalue weighted by atomic mass is 32.2. The van der Waals surface area contributed by atoms with Gasteiger partial charge in [0.2, 0.25) is 15.9 Å². The summed E-state index contributed by atoms with van der Waals surface area (Å²) in [6.45, 7) is 1.09. The second-order valence-corrected chi connectivity index (χ2v) is 13.9. The minimum absolute atomic E-state index is 0.0884. The van der Waals surface area contributed by atoms with Crippen molar-refractivity contribution >= 4 is 27.3 Å². The summed E-state index contributed by atoms with van der Waals surface area (Å²) in [6.07, 6.45) is 2.73. The van der Waals surface area contributed by atoms with Crippen molar-refractivity contribution in [3.8, 4) is 0 Å². The zero-order valence-electron chi connectivity index (χ0n) is 27.0. The number of nitrogens with one attached hydrogen (secondary N) is 3. The Kier molecular flexibility index (Phi) is 10.9. The van der Waals surface area contributed by atoms with E-state index in [9.17, 15) is 22.0 Å². The molecule has 5 aromatic rings. The number of carbonyl (C=O) groups is 1. The maximum absolute atomic E-state index is 15.5. The first-order valence-electron chi connectivity index (χ1n) is 16.2. The molecule has 3 N–H and O–H groups in total. The van der Waals surface area contributed by atoms with E-state index in [1.54, 1.807) is 66.7 Å². The third-order valence-corrected chi connectivity index (χ3v) is 10.7. The lowest BCUT2D eigenvalue weighted by Gasteiger charge is -2.35. The van der Waals surface area contributed by atoms with Gasteiger partial charge in [0.15, 0.2) is 0 Å². The second kappa shape index (κ2) is 15.7. The number of benzene rings is 4. The summed E-state index contributed by atoms with van der Waals surface area (Å²) in [5.41, 5.74) is 1.67. The summed E-state index contributed by atoms with van der Waals surface area (Å²) in [4.78, 5) is 18.5. The molecule has 1 saturated heterocycles. The van der Waals surface area contributed by atoms with Crippen LogP contribution in [0.5, 0.6) is 0 Å². The van der Waals surface area contributed by atoms with Crippen molar-refractivity contribution in [3.05, 3.63) is 156 Å². The quantitative estimate of drug-likeness (QED) is 0.140. The zero-order chi connectivity index (χ0) is 35.1. The van der Waals surface area contributed by atoms with Gasteiger partial charge in [0.25, 0.3) is 0 Å². The number of rotatable bonds is 12. The van der Waals surface area contributed by atoms with Crippen LogP contribution >= 0.6 is 0 Å². The van der Waals surface area contributed by atoms with Crippen LogP contribution < -0.4 is 16.0 Å². The summed E-state index contributed by atoms with van der Waals surface area (Å²) in [5.74, 6) is -3.20. The van der Waals surface area contributed by atoms with E-state index in [-0.39, 0.29) is 35.5 Å². The molecule has 1 aliphatic heterocycles. The van der Waals surface area contributed by atoms with Crippen molar-refractivity contribution in [2.45, 2.75) is 35.7 Å². The predicted molar refractivity (Wildman–Crippen MR) is 187 cm³/mol. The van der Waals surface area contributed by atoms with Gasteiger partial charge < -0.3 is 16.0 Å². The van der Waals surface area contributed by atoms with Crippen LogP contribution in [-0.4, -0.2) is 55.3 Å². The number of para-hydroxylation sites is 1. The van der Waals surface area contributed by atoms with Gasteiger partial charge in [0.1, 0.15) is 23.5 Å². The molecule has 1 aromatic heterocycles. The number of carbonyl (C=O) groups excluding carboxylic acids is 1. The molecular weight excluding hydrogens is 664 g/mol. The lowest BCUT2D eigenvalue weighted by molar-refractivity contribution is -0.117. The molecule has 1 amide bonds. The maximum Gasteiger partial charge on any atom is 0.247 e. The molecule has 2 atom stereocenters. The van der Waals surface area contributed by atoms with E-state index in [1.165, 1.54) is 46.9 Å². The highest BCUT2D eigenvalue weighted by Crippen LogP contribution is 2.33. The number of hydrogen-bond donors (Lipinski definition) is 3.